The zero-order valence-corrected chi connectivity index (χ0v) is 11.0. The molecule has 1 fully saturated rings. The molecule has 0 aromatic rings. The van der Waals surface area contributed by atoms with Gasteiger partial charge in [0.05, 0.1) is 5.60 Å². The van der Waals surface area contributed by atoms with E-state index >= 15 is 0 Å². The van der Waals surface area contributed by atoms with Crippen LogP contribution in [0, 0.1) is 5.92 Å². The van der Waals surface area contributed by atoms with Crippen molar-refractivity contribution in [1.29, 1.82) is 0 Å². The summed E-state index contributed by atoms with van der Waals surface area (Å²) in [4.78, 5) is 0. The van der Waals surface area contributed by atoms with Gasteiger partial charge in [-0.15, -0.1) is 0 Å². The first kappa shape index (κ1) is 13.0. The Morgan fingerprint density at radius 1 is 1.20 bits per heavy atom. The molecule has 0 radical (unpaired) electrons. The Morgan fingerprint density at radius 3 is 2.20 bits per heavy atom. The van der Waals surface area contributed by atoms with E-state index in [0.29, 0.717) is 12.0 Å². The third kappa shape index (κ3) is 2.36. The molecule has 1 heterocycles. The van der Waals surface area contributed by atoms with Gasteiger partial charge >= 0.3 is 0 Å². The largest absolute Gasteiger partial charge is 0.355 e. The third-order valence-electron chi connectivity index (χ3n) is 4.09. The first-order valence-electron chi connectivity index (χ1n) is 6.57. The zero-order valence-electron chi connectivity index (χ0n) is 11.0. The standard InChI is InChI=1S/C13H27NO/c1-6-10(5)12-13(8-3,9-4)15-11(7-2)14-12/h10-12,14H,6-9H2,1-5H3/t10?,11?,12-/m0/s1. The molecule has 0 amide bonds. The quantitative estimate of drug-likeness (QED) is 0.756. The summed E-state index contributed by atoms with van der Waals surface area (Å²) in [5, 5.41) is 3.66. The summed E-state index contributed by atoms with van der Waals surface area (Å²) >= 11 is 0. The summed E-state index contributed by atoms with van der Waals surface area (Å²) in [5.41, 5.74) is 0.0795. The van der Waals surface area contributed by atoms with E-state index in [1.54, 1.807) is 0 Å². The van der Waals surface area contributed by atoms with Gasteiger partial charge in [0.2, 0.25) is 0 Å². The molecule has 0 saturated carbocycles. The molecule has 0 aliphatic carbocycles. The van der Waals surface area contributed by atoms with Crippen LogP contribution in [0.4, 0.5) is 0 Å². The fourth-order valence-electron chi connectivity index (χ4n) is 2.72. The van der Waals surface area contributed by atoms with Crippen molar-refractivity contribution in [3.63, 3.8) is 0 Å². The predicted octanol–water partition coefficient (Wildman–Crippen LogP) is 3.32. The van der Waals surface area contributed by atoms with Gasteiger partial charge in [-0.3, -0.25) is 5.32 Å². The van der Waals surface area contributed by atoms with E-state index in [-0.39, 0.29) is 11.8 Å². The van der Waals surface area contributed by atoms with Crippen molar-refractivity contribution in [3.8, 4) is 0 Å². The Bertz CT molecular complexity index is 189. The molecule has 15 heavy (non-hydrogen) atoms. The van der Waals surface area contributed by atoms with Gasteiger partial charge in [-0.05, 0) is 25.2 Å². The van der Waals surface area contributed by atoms with Crippen molar-refractivity contribution in [2.75, 3.05) is 0 Å². The SMILES string of the molecule is CCC1N[C@@H](C(C)CC)C(CC)(CC)O1. The van der Waals surface area contributed by atoms with Gasteiger partial charge in [0.15, 0.2) is 0 Å². The maximum absolute atomic E-state index is 6.22. The molecule has 1 aliphatic rings. The Balaban J connectivity index is 2.81. The molecule has 1 saturated heterocycles. The Hall–Kier alpha value is -0.0800. The van der Waals surface area contributed by atoms with Crippen LogP contribution in [0.2, 0.25) is 0 Å². The van der Waals surface area contributed by atoms with Gasteiger partial charge in [0.25, 0.3) is 0 Å². The maximum atomic E-state index is 6.22. The highest BCUT2D eigenvalue weighted by molar-refractivity contribution is 4.99. The second-order valence-electron chi connectivity index (χ2n) is 4.82. The van der Waals surface area contributed by atoms with Gasteiger partial charge in [-0.1, -0.05) is 41.0 Å². The highest BCUT2D eigenvalue weighted by Gasteiger charge is 2.46. The average Bonchev–Trinajstić information content (AvgIpc) is 2.67. The van der Waals surface area contributed by atoms with E-state index < -0.39 is 0 Å². The first-order valence-corrected chi connectivity index (χ1v) is 6.57. The van der Waals surface area contributed by atoms with Crippen LogP contribution in [-0.2, 0) is 4.74 Å². The van der Waals surface area contributed by atoms with E-state index in [4.69, 9.17) is 4.74 Å². The fraction of sp³-hybridized carbons (Fsp3) is 1.00. The van der Waals surface area contributed by atoms with Crippen molar-refractivity contribution < 1.29 is 4.74 Å². The van der Waals surface area contributed by atoms with E-state index in [1.807, 2.05) is 0 Å². The van der Waals surface area contributed by atoms with Crippen molar-refractivity contribution in [3.05, 3.63) is 0 Å². The van der Waals surface area contributed by atoms with Crippen LogP contribution >= 0.6 is 0 Å². The summed E-state index contributed by atoms with van der Waals surface area (Å²) < 4.78 is 6.22. The molecule has 0 spiro atoms. The molecule has 0 aromatic carbocycles. The summed E-state index contributed by atoms with van der Waals surface area (Å²) in [6, 6.07) is 0.530. The lowest BCUT2D eigenvalue weighted by molar-refractivity contribution is -0.0594. The van der Waals surface area contributed by atoms with Crippen LogP contribution < -0.4 is 5.32 Å². The van der Waals surface area contributed by atoms with Crippen LogP contribution in [0.15, 0.2) is 0 Å². The predicted molar refractivity (Wildman–Crippen MR) is 64.9 cm³/mol. The third-order valence-corrected chi connectivity index (χ3v) is 4.09. The lowest BCUT2D eigenvalue weighted by Crippen LogP contribution is -2.47. The molecule has 0 bridgehead atoms. The molecule has 2 heteroatoms. The molecule has 1 rings (SSSR count). The second-order valence-corrected chi connectivity index (χ2v) is 4.82. The molecule has 2 unspecified atom stereocenters. The number of rotatable bonds is 5. The summed E-state index contributed by atoms with van der Waals surface area (Å²) in [5.74, 6) is 0.696. The normalized spacial score (nSPS) is 31.8. The molecular weight excluding hydrogens is 186 g/mol. The van der Waals surface area contributed by atoms with Gasteiger partial charge in [-0.25, -0.2) is 0 Å². The Kier molecular flexibility index (Phi) is 4.60. The summed E-state index contributed by atoms with van der Waals surface area (Å²) in [6.45, 7) is 11.3. The smallest absolute Gasteiger partial charge is 0.109 e. The van der Waals surface area contributed by atoms with Gasteiger partial charge in [0.1, 0.15) is 6.23 Å². The van der Waals surface area contributed by atoms with Crippen LogP contribution in [0.1, 0.15) is 60.3 Å². The van der Waals surface area contributed by atoms with Crippen LogP contribution in [-0.4, -0.2) is 17.9 Å². The molecule has 1 N–H and O–H groups in total. The summed E-state index contributed by atoms with van der Waals surface area (Å²) in [6.07, 6.45) is 4.78. The maximum Gasteiger partial charge on any atom is 0.109 e. The second kappa shape index (κ2) is 5.31. The molecule has 3 atom stereocenters. The highest BCUT2D eigenvalue weighted by atomic mass is 16.5. The van der Waals surface area contributed by atoms with Gasteiger partial charge in [0, 0.05) is 6.04 Å². The van der Waals surface area contributed by atoms with Gasteiger partial charge < -0.3 is 4.74 Å². The minimum Gasteiger partial charge on any atom is -0.355 e. The van der Waals surface area contributed by atoms with Gasteiger partial charge in [-0.2, -0.15) is 0 Å². The topological polar surface area (TPSA) is 21.3 Å². The first-order chi connectivity index (χ1) is 7.13. The Morgan fingerprint density at radius 2 is 1.80 bits per heavy atom. The molecular formula is C13H27NO. The minimum atomic E-state index is 0.0795. The van der Waals surface area contributed by atoms with Crippen molar-refractivity contribution in [2.24, 2.45) is 5.92 Å². The van der Waals surface area contributed by atoms with E-state index in [9.17, 15) is 0 Å². The molecule has 1 aliphatic heterocycles. The van der Waals surface area contributed by atoms with Crippen molar-refractivity contribution >= 4 is 0 Å². The number of hydrogen-bond donors (Lipinski definition) is 1. The summed E-state index contributed by atoms with van der Waals surface area (Å²) in [7, 11) is 0. The molecule has 2 nitrogen and oxygen atoms in total. The van der Waals surface area contributed by atoms with E-state index in [2.05, 4.69) is 39.9 Å². The van der Waals surface area contributed by atoms with E-state index in [1.165, 1.54) is 6.42 Å². The molecule has 90 valence electrons. The van der Waals surface area contributed by atoms with Crippen molar-refractivity contribution in [1.82, 2.24) is 5.32 Å². The average molecular weight is 213 g/mol. The van der Waals surface area contributed by atoms with Crippen LogP contribution in [0.25, 0.3) is 0 Å². The van der Waals surface area contributed by atoms with Crippen LogP contribution in [0.3, 0.4) is 0 Å². The van der Waals surface area contributed by atoms with Crippen molar-refractivity contribution in [2.45, 2.75) is 78.2 Å². The van der Waals surface area contributed by atoms with Crippen LogP contribution in [0.5, 0.6) is 0 Å². The lowest BCUT2D eigenvalue weighted by Gasteiger charge is -2.35. The monoisotopic (exact) mass is 213 g/mol. The zero-order chi connectivity index (χ0) is 11.5. The lowest BCUT2D eigenvalue weighted by atomic mass is 9.81. The number of nitrogens with one attached hydrogen (secondary N) is 1. The molecule has 0 aromatic heterocycles. The minimum absolute atomic E-state index is 0.0795. The van der Waals surface area contributed by atoms with E-state index in [0.717, 1.165) is 19.3 Å². The number of hydrogen-bond acceptors (Lipinski definition) is 2. The highest BCUT2D eigenvalue weighted by Crippen LogP contribution is 2.36. The number of ether oxygens (including phenoxy) is 1. The Labute approximate surface area is 94.8 Å². The fourth-order valence-corrected chi connectivity index (χ4v) is 2.72.